The van der Waals surface area contributed by atoms with Crippen molar-refractivity contribution in [3.05, 3.63) is 29.5 Å². The molecule has 0 aliphatic carbocycles. The van der Waals surface area contributed by atoms with E-state index >= 15 is 0 Å². The number of alkyl halides is 3. The van der Waals surface area contributed by atoms with Crippen LogP contribution in [0.25, 0.3) is 10.9 Å². The Kier molecular flexibility index (Phi) is 2.76. The largest absolute Gasteiger partial charge is 0.476 e. The summed E-state index contributed by atoms with van der Waals surface area (Å²) in [7, 11) is 0. The van der Waals surface area contributed by atoms with Crippen LogP contribution in [-0.2, 0) is 6.54 Å². The fourth-order valence-electron chi connectivity index (χ4n) is 1.84. The molecule has 0 unspecified atom stereocenters. The minimum absolute atomic E-state index is 0.171. The first kappa shape index (κ1) is 12.4. The number of nitrogens with zero attached hydrogens (tertiary/aromatic N) is 2. The molecule has 1 aromatic heterocycles. The minimum Gasteiger partial charge on any atom is -0.476 e. The molecule has 96 valence electrons. The molecule has 0 saturated carbocycles. The van der Waals surface area contributed by atoms with Crippen LogP contribution in [-0.4, -0.2) is 27.0 Å². The molecule has 1 N–H and O–H groups in total. The third-order valence-electron chi connectivity index (χ3n) is 2.52. The zero-order valence-corrected chi connectivity index (χ0v) is 9.32. The van der Waals surface area contributed by atoms with E-state index in [0.29, 0.717) is 10.2 Å². The summed E-state index contributed by atoms with van der Waals surface area (Å²) in [5.41, 5.74) is 0.399. The second-order valence-electron chi connectivity index (χ2n) is 3.90. The van der Waals surface area contributed by atoms with Gasteiger partial charge in [-0.3, -0.25) is 4.68 Å². The second-order valence-corrected chi connectivity index (χ2v) is 3.90. The highest BCUT2D eigenvalue weighted by molar-refractivity contribution is 6.02. The van der Waals surface area contributed by atoms with Crippen molar-refractivity contribution in [2.75, 3.05) is 0 Å². The monoisotopic (exact) mass is 258 g/mol. The van der Waals surface area contributed by atoms with Gasteiger partial charge in [0.2, 0.25) is 0 Å². The highest BCUT2D eigenvalue weighted by atomic mass is 19.4. The standard InChI is InChI=1S/C11H9F3N2O2/c1-6-3-2-4-7-8(6)9(10(17)18)15-16(7)5-11(12,13)14/h2-4H,5H2,1H3,(H,17,18). The number of aryl methyl sites for hydroxylation is 1. The maximum atomic E-state index is 12.4. The van der Waals surface area contributed by atoms with E-state index in [2.05, 4.69) is 5.10 Å². The number of halogens is 3. The summed E-state index contributed by atoms with van der Waals surface area (Å²) in [5.74, 6) is -1.34. The summed E-state index contributed by atoms with van der Waals surface area (Å²) in [4.78, 5) is 11.0. The lowest BCUT2D eigenvalue weighted by Gasteiger charge is -2.07. The van der Waals surface area contributed by atoms with Crippen LogP contribution < -0.4 is 0 Å². The fourth-order valence-corrected chi connectivity index (χ4v) is 1.84. The second kappa shape index (κ2) is 4.01. The fraction of sp³-hybridized carbons (Fsp3) is 0.273. The Morgan fingerprint density at radius 3 is 2.67 bits per heavy atom. The lowest BCUT2D eigenvalue weighted by molar-refractivity contribution is -0.141. The van der Waals surface area contributed by atoms with Crippen LogP contribution in [0.15, 0.2) is 18.2 Å². The van der Waals surface area contributed by atoms with Gasteiger partial charge in [0.15, 0.2) is 5.69 Å². The molecule has 0 aliphatic rings. The van der Waals surface area contributed by atoms with Crippen molar-refractivity contribution in [2.24, 2.45) is 0 Å². The van der Waals surface area contributed by atoms with E-state index in [1.807, 2.05) is 0 Å². The molecule has 0 bridgehead atoms. The molecule has 0 fully saturated rings. The molecule has 4 nitrogen and oxygen atoms in total. The smallest absolute Gasteiger partial charge is 0.408 e. The molecular formula is C11H9F3N2O2. The van der Waals surface area contributed by atoms with Gasteiger partial charge < -0.3 is 5.11 Å². The van der Waals surface area contributed by atoms with Crippen LogP contribution in [0.4, 0.5) is 13.2 Å². The van der Waals surface area contributed by atoms with Gasteiger partial charge in [0, 0.05) is 5.39 Å². The van der Waals surface area contributed by atoms with E-state index in [1.54, 1.807) is 19.1 Å². The van der Waals surface area contributed by atoms with Gasteiger partial charge in [0.1, 0.15) is 6.54 Å². The first-order chi connectivity index (χ1) is 8.29. The van der Waals surface area contributed by atoms with Crippen LogP contribution >= 0.6 is 0 Å². The summed E-state index contributed by atoms with van der Waals surface area (Å²) >= 11 is 0. The third-order valence-corrected chi connectivity index (χ3v) is 2.52. The molecule has 0 radical (unpaired) electrons. The van der Waals surface area contributed by atoms with Gasteiger partial charge in [-0.2, -0.15) is 18.3 Å². The van der Waals surface area contributed by atoms with Crippen LogP contribution in [0.3, 0.4) is 0 Å². The van der Waals surface area contributed by atoms with E-state index < -0.39 is 18.7 Å². The van der Waals surface area contributed by atoms with Gasteiger partial charge >= 0.3 is 12.1 Å². The number of benzene rings is 1. The zero-order chi connectivity index (χ0) is 13.5. The first-order valence-electron chi connectivity index (χ1n) is 5.06. The van der Waals surface area contributed by atoms with Gasteiger partial charge in [-0.1, -0.05) is 12.1 Å². The maximum absolute atomic E-state index is 12.4. The predicted octanol–water partition coefficient (Wildman–Crippen LogP) is 2.61. The van der Waals surface area contributed by atoms with Gasteiger partial charge in [0.05, 0.1) is 5.52 Å². The van der Waals surface area contributed by atoms with Crippen LogP contribution in [0.2, 0.25) is 0 Å². The number of aromatic nitrogens is 2. The maximum Gasteiger partial charge on any atom is 0.408 e. The number of carboxylic acid groups (broad SMARTS) is 1. The molecule has 0 saturated heterocycles. The minimum atomic E-state index is -4.45. The Labute approximate surface area is 99.6 Å². The predicted molar refractivity (Wildman–Crippen MR) is 57.5 cm³/mol. The molecule has 0 atom stereocenters. The third kappa shape index (κ3) is 2.15. The van der Waals surface area contributed by atoms with Crippen molar-refractivity contribution >= 4 is 16.9 Å². The van der Waals surface area contributed by atoms with Crippen molar-refractivity contribution in [3.63, 3.8) is 0 Å². The summed E-state index contributed by atoms with van der Waals surface area (Å²) in [6, 6.07) is 4.62. The summed E-state index contributed by atoms with van der Waals surface area (Å²) in [6.45, 7) is 0.328. The highest BCUT2D eigenvalue weighted by Gasteiger charge is 2.30. The normalized spacial score (nSPS) is 12.0. The SMILES string of the molecule is Cc1cccc2c1c(C(=O)O)nn2CC(F)(F)F. The van der Waals surface area contributed by atoms with Crippen LogP contribution in [0.1, 0.15) is 16.1 Å². The Balaban J connectivity index is 2.69. The number of carboxylic acids is 1. The van der Waals surface area contributed by atoms with E-state index in [1.165, 1.54) is 6.07 Å². The number of hydrogen-bond acceptors (Lipinski definition) is 2. The van der Waals surface area contributed by atoms with E-state index in [4.69, 9.17) is 5.11 Å². The molecule has 0 spiro atoms. The Bertz CT molecular complexity index is 617. The van der Waals surface area contributed by atoms with Crippen LogP contribution in [0, 0.1) is 6.92 Å². The Morgan fingerprint density at radius 2 is 2.11 bits per heavy atom. The molecule has 2 aromatic rings. The van der Waals surface area contributed by atoms with Crippen LogP contribution in [0.5, 0.6) is 0 Å². The molecule has 0 aliphatic heterocycles. The lowest BCUT2D eigenvalue weighted by Crippen LogP contribution is -2.18. The van der Waals surface area contributed by atoms with Crippen molar-refractivity contribution < 1.29 is 23.1 Å². The number of carbonyl (C=O) groups is 1. The topological polar surface area (TPSA) is 55.1 Å². The quantitative estimate of drug-likeness (QED) is 0.900. The van der Waals surface area contributed by atoms with E-state index in [-0.39, 0.29) is 16.6 Å². The van der Waals surface area contributed by atoms with Gasteiger partial charge in [0.25, 0.3) is 0 Å². The van der Waals surface area contributed by atoms with Crippen molar-refractivity contribution in [1.82, 2.24) is 9.78 Å². The number of fused-ring (bicyclic) bond motifs is 1. The van der Waals surface area contributed by atoms with Gasteiger partial charge in [-0.25, -0.2) is 4.79 Å². The molecule has 1 heterocycles. The number of hydrogen-bond donors (Lipinski definition) is 1. The van der Waals surface area contributed by atoms with Gasteiger partial charge in [-0.15, -0.1) is 0 Å². The van der Waals surface area contributed by atoms with Crippen molar-refractivity contribution in [1.29, 1.82) is 0 Å². The van der Waals surface area contributed by atoms with Crippen molar-refractivity contribution in [3.8, 4) is 0 Å². The molecule has 7 heteroatoms. The average molecular weight is 258 g/mol. The summed E-state index contributed by atoms with van der Waals surface area (Å²) in [5, 5.41) is 12.7. The molecule has 18 heavy (non-hydrogen) atoms. The lowest BCUT2D eigenvalue weighted by atomic mass is 10.1. The Hall–Kier alpha value is -2.05. The first-order valence-corrected chi connectivity index (χ1v) is 5.06. The van der Waals surface area contributed by atoms with Gasteiger partial charge in [-0.05, 0) is 18.6 Å². The average Bonchev–Trinajstić information content (AvgIpc) is 2.56. The summed E-state index contributed by atoms with van der Waals surface area (Å²) in [6.07, 6.45) is -4.45. The van der Waals surface area contributed by atoms with E-state index in [9.17, 15) is 18.0 Å². The molecule has 2 rings (SSSR count). The highest BCUT2D eigenvalue weighted by Crippen LogP contribution is 2.25. The molecule has 0 amide bonds. The summed E-state index contributed by atoms with van der Waals surface area (Å²) < 4.78 is 37.8. The van der Waals surface area contributed by atoms with E-state index in [0.717, 1.165) is 0 Å². The molecule has 1 aromatic carbocycles. The number of rotatable bonds is 2. The molecular weight excluding hydrogens is 249 g/mol. The number of aromatic carboxylic acids is 1. The van der Waals surface area contributed by atoms with Crippen molar-refractivity contribution in [2.45, 2.75) is 19.6 Å². The Morgan fingerprint density at radius 1 is 1.44 bits per heavy atom. The zero-order valence-electron chi connectivity index (χ0n) is 9.32.